The predicted molar refractivity (Wildman–Crippen MR) is 124 cm³/mol. The van der Waals surface area contributed by atoms with Crippen LogP contribution in [-0.2, 0) is 13.1 Å². The monoisotopic (exact) mass is 450 g/mol. The van der Waals surface area contributed by atoms with Crippen molar-refractivity contribution in [3.8, 4) is 0 Å². The smallest absolute Gasteiger partial charge is 0.256 e. The highest BCUT2D eigenvalue weighted by Crippen LogP contribution is 2.22. The summed E-state index contributed by atoms with van der Waals surface area (Å²) >= 11 is 6.07. The quantitative estimate of drug-likeness (QED) is 0.415. The van der Waals surface area contributed by atoms with Crippen molar-refractivity contribution in [2.24, 2.45) is 0 Å². The molecule has 9 nitrogen and oxygen atoms in total. The zero-order valence-corrected chi connectivity index (χ0v) is 18.1. The molecule has 5 rings (SSSR count). The SMILES string of the molecule is Nc1nn(Cc2ccc(N3CCCC3)nc2)cc1C(=O)NCc1ccc2[nH]nc(Cl)c2c1. The third-order valence-corrected chi connectivity index (χ3v) is 5.94. The molecule has 0 unspecified atom stereocenters. The first-order valence-electron chi connectivity index (χ1n) is 10.5. The maximum atomic E-state index is 12.7. The van der Waals surface area contributed by atoms with Crippen LogP contribution in [0.25, 0.3) is 10.9 Å². The van der Waals surface area contributed by atoms with Crippen LogP contribution in [0.5, 0.6) is 0 Å². The normalized spacial score (nSPS) is 13.7. The van der Waals surface area contributed by atoms with E-state index < -0.39 is 0 Å². The molecule has 10 heteroatoms. The number of halogens is 1. The second-order valence-electron chi connectivity index (χ2n) is 7.92. The number of aromatic nitrogens is 5. The zero-order valence-electron chi connectivity index (χ0n) is 17.4. The van der Waals surface area contributed by atoms with Gasteiger partial charge in [-0.25, -0.2) is 4.98 Å². The molecule has 3 aromatic heterocycles. The maximum absolute atomic E-state index is 12.7. The van der Waals surface area contributed by atoms with Crippen molar-refractivity contribution in [3.63, 3.8) is 0 Å². The largest absolute Gasteiger partial charge is 0.382 e. The number of amides is 1. The molecule has 4 heterocycles. The van der Waals surface area contributed by atoms with Crippen LogP contribution in [0.4, 0.5) is 11.6 Å². The number of carbonyl (C=O) groups is 1. The maximum Gasteiger partial charge on any atom is 0.256 e. The Balaban J connectivity index is 1.23. The van der Waals surface area contributed by atoms with Crippen LogP contribution in [0.2, 0.25) is 5.15 Å². The third-order valence-electron chi connectivity index (χ3n) is 5.65. The highest BCUT2D eigenvalue weighted by Gasteiger charge is 2.16. The molecule has 32 heavy (non-hydrogen) atoms. The Morgan fingerprint density at radius 1 is 1.19 bits per heavy atom. The van der Waals surface area contributed by atoms with Crippen LogP contribution in [0.3, 0.4) is 0 Å². The van der Waals surface area contributed by atoms with Gasteiger partial charge in [-0.05, 0) is 42.2 Å². The molecule has 4 N–H and O–H groups in total. The number of pyridine rings is 1. The first kappa shape index (κ1) is 20.3. The summed E-state index contributed by atoms with van der Waals surface area (Å²) in [6, 6.07) is 9.75. The third kappa shape index (κ3) is 4.11. The minimum Gasteiger partial charge on any atom is -0.382 e. The van der Waals surface area contributed by atoms with Crippen molar-refractivity contribution in [1.29, 1.82) is 0 Å². The predicted octanol–water partition coefficient (Wildman–Crippen LogP) is 2.97. The molecule has 1 fully saturated rings. The van der Waals surface area contributed by atoms with Crippen LogP contribution in [0.15, 0.2) is 42.7 Å². The molecule has 0 atom stereocenters. The number of nitrogen functional groups attached to an aromatic ring is 1. The molecule has 0 saturated carbocycles. The van der Waals surface area contributed by atoms with Crippen LogP contribution in [0.1, 0.15) is 34.3 Å². The second kappa shape index (κ2) is 8.51. The number of nitrogens with two attached hydrogens (primary N) is 1. The molecule has 1 aromatic carbocycles. The first-order chi connectivity index (χ1) is 15.6. The minimum atomic E-state index is -0.283. The number of hydrogen-bond donors (Lipinski definition) is 3. The van der Waals surface area contributed by atoms with Crippen molar-refractivity contribution in [2.75, 3.05) is 23.7 Å². The summed E-state index contributed by atoms with van der Waals surface area (Å²) in [6.07, 6.45) is 5.94. The Morgan fingerprint density at radius 2 is 2.00 bits per heavy atom. The van der Waals surface area contributed by atoms with E-state index in [0.717, 1.165) is 40.9 Å². The summed E-state index contributed by atoms with van der Waals surface area (Å²) < 4.78 is 1.66. The van der Waals surface area contributed by atoms with E-state index in [4.69, 9.17) is 17.3 Å². The first-order valence-corrected chi connectivity index (χ1v) is 10.9. The molecule has 164 valence electrons. The van der Waals surface area contributed by atoms with Crippen LogP contribution in [-0.4, -0.2) is 44.0 Å². The average molecular weight is 451 g/mol. The summed E-state index contributed by atoms with van der Waals surface area (Å²) in [5.74, 6) is 0.910. The number of anilines is 2. The van der Waals surface area contributed by atoms with E-state index >= 15 is 0 Å². The van der Waals surface area contributed by atoms with Gasteiger partial charge in [0.2, 0.25) is 0 Å². The van der Waals surface area contributed by atoms with Gasteiger partial charge in [-0.1, -0.05) is 23.7 Å². The van der Waals surface area contributed by atoms with Gasteiger partial charge < -0.3 is 16.0 Å². The van der Waals surface area contributed by atoms with E-state index in [2.05, 4.69) is 30.5 Å². The number of rotatable bonds is 6. The molecule has 0 radical (unpaired) electrons. The molecule has 1 amide bonds. The van der Waals surface area contributed by atoms with E-state index in [1.807, 2.05) is 36.5 Å². The summed E-state index contributed by atoms with van der Waals surface area (Å²) in [5.41, 5.74) is 9.09. The Bertz CT molecular complexity index is 1260. The number of nitrogens with one attached hydrogen (secondary N) is 2. The summed E-state index contributed by atoms with van der Waals surface area (Å²) in [5, 5.41) is 15.2. The fraction of sp³-hybridized carbons (Fsp3) is 0.273. The summed E-state index contributed by atoms with van der Waals surface area (Å²) in [6.45, 7) is 2.94. The summed E-state index contributed by atoms with van der Waals surface area (Å²) in [7, 11) is 0. The molecular formula is C22H23ClN8O. The van der Waals surface area contributed by atoms with Gasteiger partial charge in [0, 0.05) is 37.4 Å². The fourth-order valence-electron chi connectivity index (χ4n) is 3.94. The number of nitrogens with zero attached hydrogens (tertiary/aromatic N) is 5. The number of fused-ring (bicyclic) bond motifs is 1. The lowest BCUT2D eigenvalue weighted by Crippen LogP contribution is -2.23. The highest BCUT2D eigenvalue weighted by molar-refractivity contribution is 6.34. The molecule has 4 aromatic rings. The average Bonchev–Trinajstić information content (AvgIpc) is 3.54. The van der Waals surface area contributed by atoms with Crippen LogP contribution >= 0.6 is 11.6 Å². The highest BCUT2D eigenvalue weighted by atomic mass is 35.5. The van der Waals surface area contributed by atoms with Crippen molar-refractivity contribution in [1.82, 2.24) is 30.3 Å². The minimum absolute atomic E-state index is 0.192. The molecule has 1 aliphatic rings. The molecular weight excluding hydrogens is 428 g/mol. The van der Waals surface area contributed by atoms with Crippen LogP contribution in [0, 0.1) is 0 Å². The van der Waals surface area contributed by atoms with Gasteiger partial charge >= 0.3 is 0 Å². The molecule has 1 saturated heterocycles. The topological polar surface area (TPSA) is 118 Å². The van der Waals surface area contributed by atoms with Crippen molar-refractivity contribution in [2.45, 2.75) is 25.9 Å². The van der Waals surface area contributed by atoms with Crippen LogP contribution < -0.4 is 16.0 Å². The Kier molecular flexibility index (Phi) is 5.40. The number of H-pyrrole nitrogens is 1. The Hall–Kier alpha value is -3.59. The molecule has 0 spiro atoms. The summed E-state index contributed by atoms with van der Waals surface area (Å²) in [4.78, 5) is 19.5. The molecule has 1 aliphatic heterocycles. The van der Waals surface area contributed by atoms with Crippen molar-refractivity contribution in [3.05, 3.63) is 64.6 Å². The lowest BCUT2D eigenvalue weighted by molar-refractivity contribution is 0.0951. The van der Waals surface area contributed by atoms with Gasteiger partial charge in [0.05, 0.1) is 12.1 Å². The lowest BCUT2D eigenvalue weighted by Gasteiger charge is -2.16. The standard InChI is InChI=1S/C22H23ClN8O/c23-20-16-9-14(3-5-18(16)27-28-20)10-26-22(32)17-13-31(29-21(17)24)12-15-4-6-19(25-11-15)30-7-1-2-8-30/h3-6,9,11,13H,1-2,7-8,10,12H2,(H2,24,29)(H,26,32)(H,27,28). The van der Waals surface area contributed by atoms with E-state index in [9.17, 15) is 4.79 Å². The molecule has 0 aliphatic carbocycles. The van der Waals surface area contributed by atoms with Gasteiger partial charge in [0.25, 0.3) is 5.91 Å². The van der Waals surface area contributed by atoms with Gasteiger partial charge in [-0.15, -0.1) is 0 Å². The van der Waals surface area contributed by atoms with E-state index in [0.29, 0.717) is 23.8 Å². The fourth-order valence-corrected chi connectivity index (χ4v) is 4.14. The number of aromatic amines is 1. The zero-order chi connectivity index (χ0) is 22.1. The number of carbonyl (C=O) groups excluding carboxylic acids is 1. The number of hydrogen-bond acceptors (Lipinski definition) is 6. The van der Waals surface area contributed by atoms with Gasteiger partial charge in [0.15, 0.2) is 11.0 Å². The Labute approximate surface area is 189 Å². The van der Waals surface area contributed by atoms with Gasteiger partial charge in [-0.2, -0.15) is 10.2 Å². The second-order valence-corrected chi connectivity index (χ2v) is 8.28. The van der Waals surface area contributed by atoms with E-state index in [-0.39, 0.29) is 11.7 Å². The van der Waals surface area contributed by atoms with Gasteiger partial charge in [0.1, 0.15) is 11.4 Å². The Morgan fingerprint density at radius 3 is 2.78 bits per heavy atom. The number of benzene rings is 1. The molecule has 0 bridgehead atoms. The lowest BCUT2D eigenvalue weighted by atomic mass is 10.1. The van der Waals surface area contributed by atoms with Crippen molar-refractivity contribution < 1.29 is 4.79 Å². The van der Waals surface area contributed by atoms with Gasteiger partial charge in [-0.3, -0.25) is 14.6 Å². The van der Waals surface area contributed by atoms with Crippen molar-refractivity contribution >= 4 is 40.0 Å². The van der Waals surface area contributed by atoms with E-state index in [1.54, 1.807) is 10.9 Å². The van der Waals surface area contributed by atoms with E-state index in [1.165, 1.54) is 12.8 Å².